The molecule has 2 fully saturated rings. The topological polar surface area (TPSA) is 103 Å². The lowest BCUT2D eigenvalue weighted by molar-refractivity contribution is -0.125. The third-order valence-corrected chi connectivity index (χ3v) is 8.69. The third-order valence-electron chi connectivity index (χ3n) is 8.69. The van der Waals surface area contributed by atoms with Crippen molar-refractivity contribution in [1.82, 2.24) is 20.4 Å². The monoisotopic (exact) mass is 578 g/mol. The second-order valence-corrected chi connectivity index (χ2v) is 12.0. The Balaban J connectivity index is 1.40. The average Bonchev–Trinajstić information content (AvgIpc) is 3.28. The molecule has 0 saturated carbocycles. The van der Waals surface area contributed by atoms with Crippen molar-refractivity contribution in [1.29, 1.82) is 0 Å². The fourth-order valence-corrected chi connectivity index (χ4v) is 6.25. The fourth-order valence-electron chi connectivity index (χ4n) is 6.25. The van der Waals surface area contributed by atoms with Crippen molar-refractivity contribution in [3.05, 3.63) is 77.2 Å². The Hall–Kier alpha value is -3.31. The number of ether oxygens (including phenoxy) is 1. The van der Waals surface area contributed by atoms with Crippen molar-refractivity contribution >= 4 is 17.5 Å². The van der Waals surface area contributed by atoms with E-state index in [0.29, 0.717) is 32.7 Å². The zero-order valence-corrected chi connectivity index (χ0v) is 24.7. The highest BCUT2D eigenvalue weighted by Gasteiger charge is 2.47. The minimum atomic E-state index is -0.906. The number of benzene rings is 2. The van der Waals surface area contributed by atoms with E-state index in [1.54, 1.807) is 17.0 Å². The number of anilines is 1. The smallest absolute Gasteiger partial charge is 0.241 e. The Kier molecular flexibility index (Phi) is 9.27. The van der Waals surface area contributed by atoms with Crippen LogP contribution < -0.4 is 21.3 Å². The minimum Gasteiger partial charge on any atom is -0.373 e. The normalized spacial score (nSPS) is 24.5. The number of morpholine rings is 1. The van der Waals surface area contributed by atoms with Crippen LogP contribution >= 0.6 is 0 Å². The van der Waals surface area contributed by atoms with E-state index < -0.39 is 5.41 Å². The van der Waals surface area contributed by atoms with Crippen molar-refractivity contribution in [2.24, 2.45) is 5.73 Å². The van der Waals surface area contributed by atoms with Gasteiger partial charge in [0, 0.05) is 69.3 Å². The van der Waals surface area contributed by atoms with E-state index in [0.717, 1.165) is 54.3 Å². The van der Waals surface area contributed by atoms with E-state index in [9.17, 15) is 14.0 Å². The summed E-state index contributed by atoms with van der Waals surface area (Å²) in [6.45, 7) is 13.7. The van der Waals surface area contributed by atoms with Gasteiger partial charge in [0.2, 0.25) is 11.8 Å². The van der Waals surface area contributed by atoms with E-state index in [1.165, 1.54) is 12.1 Å². The van der Waals surface area contributed by atoms with Gasteiger partial charge in [0.15, 0.2) is 0 Å². The number of rotatable bonds is 9. The molecule has 5 rings (SSSR count). The molecule has 0 aliphatic carbocycles. The molecule has 2 amide bonds. The first-order valence-corrected chi connectivity index (χ1v) is 14.8. The van der Waals surface area contributed by atoms with Crippen LogP contribution in [0.1, 0.15) is 30.5 Å². The Morgan fingerprint density at radius 1 is 1.21 bits per heavy atom. The number of carbonyl (C=O) groups is 2. The standard InChI is InChI=1S/C32H43FN6O3/c1-22-17-38(27(16-36-22)18-37-12-13-42-20-23(37)2)19-30(40)39-21-32(3,31(41)35-11-10-34)28-9-6-25(15-29(28)39)14-24-4-7-26(33)8-5-24/h4-9,15,22,27,36H,2,10-14,16-21,34H2,1,3H3,(H,35,41)/t22-,27-,32?/m1/s1. The van der Waals surface area contributed by atoms with E-state index in [2.05, 4.69) is 33.9 Å². The summed E-state index contributed by atoms with van der Waals surface area (Å²) in [6, 6.07) is 12.8. The highest BCUT2D eigenvalue weighted by atomic mass is 19.1. The number of hydrogen-bond donors (Lipinski definition) is 3. The van der Waals surface area contributed by atoms with Gasteiger partial charge in [0.1, 0.15) is 5.82 Å². The SMILES string of the molecule is C=C1COCCN1C[C@H]1CN[C@H](C)CN1CC(=O)N1CC(C)(C(=O)NCCN)c2ccc(Cc3ccc(F)cc3)cc21. The first kappa shape index (κ1) is 30.2. The zero-order chi connectivity index (χ0) is 29.9. The number of nitrogens with two attached hydrogens (primary N) is 1. The summed E-state index contributed by atoms with van der Waals surface area (Å²) in [6.07, 6.45) is 0.590. The highest BCUT2D eigenvalue weighted by Crippen LogP contribution is 2.42. The summed E-state index contributed by atoms with van der Waals surface area (Å²) >= 11 is 0. The molecular formula is C32H43FN6O3. The molecule has 9 nitrogen and oxygen atoms in total. The van der Waals surface area contributed by atoms with Crippen molar-refractivity contribution in [3.8, 4) is 0 Å². The van der Waals surface area contributed by atoms with Crippen LogP contribution in [0.5, 0.6) is 0 Å². The summed E-state index contributed by atoms with van der Waals surface area (Å²) < 4.78 is 19.0. The number of carbonyl (C=O) groups excluding carboxylic acids is 2. The molecule has 3 aliphatic heterocycles. The van der Waals surface area contributed by atoms with Gasteiger partial charge in [0.25, 0.3) is 0 Å². The number of amides is 2. The highest BCUT2D eigenvalue weighted by molar-refractivity contribution is 6.03. The zero-order valence-electron chi connectivity index (χ0n) is 24.7. The van der Waals surface area contributed by atoms with Gasteiger partial charge < -0.3 is 30.9 Å². The van der Waals surface area contributed by atoms with Gasteiger partial charge in [-0.15, -0.1) is 0 Å². The van der Waals surface area contributed by atoms with Gasteiger partial charge >= 0.3 is 0 Å². The number of nitrogens with one attached hydrogen (secondary N) is 2. The van der Waals surface area contributed by atoms with Gasteiger partial charge in [-0.2, -0.15) is 0 Å². The molecular weight excluding hydrogens is 535 g/mol. The Morgan fingerprint density at radius 3 is 2.71 bits per heavy atom. The average molecular weight is 579 g/mol. The quantitative estimate of drug-likeness (QED) is 0.416. The summed E-state index contributed by atoms with van der Waals surface area (Å²) in [4.78, 5) is 33.9. The molecule has 2 aromatic rings. The molecule has 2 saturated heterocycles. The molecule has 2 aromatic carbocycles. The van der Waals surface area contributed by atoms with Crippen molar-refractivity contribution in [2.75, 3.05) is 70.5 Å². The molecule has 0 bridgehead atoms. The number of fused-ring (bicyclic) bond motifs is 1. The molecule has 42 heavy (non-hydrogen) atoms. The van der Waals surface area contributed by atoms with Crippen molar-refractivity contribution in [3.63, 3.8) is 0 Å². The second kappa shape index (κ2) is 12.9. The Labute approximate surface area is 247 Å². The van der Waals surface area contributed by atoms with E-state index >= 15 is 0 Å². The largest absolute Gasteiger partial charge is 0.373 e. The van der Waals surface area contributed by atoms with Crippen LogP contribution in [-0.2, 0) is 26.2 Å². The molecule has 0 radical (unpaired) electrons. The lowest BCUT2D eigenvalue weighted by atomic mass is 9.83. The van der Waals surface area contributed by atoms with E-state index in [4.69, 9.17) is 10.5 Å². The summed E-state index contributed by atoms with van der Waals surface area (Å²) in [5.41, 5.74) is 9.26. The van der Waals surface area contributed by atoms with Gasteiger partial charge in [-0.05, 0) is 55.2 Å². The maximum absolute atomic E-state index is 14.1. The Bertz CT molecular complexity index is 1300. The van der Waals surface area contributed by atoms with Gasteiger partial charge in [-0.1, -0.05) is 30.8 Å². The lowest BCUT2D eigenvalue weighted by Crippen LogP contribution is -2.61. The van der Waals surface area contributed by atoms with E-state index in [1.807, 2.05) is 25.1 Å². The predicted molar refractivity (Wildman–Crippen MR) is 162 cm³/mol. The molecule has 10 heteroatoms. The molecule has 3 atom stereocenters. The summed E-state index contributed by atoms with van der Waals surface area (Å²) in [7, 11) is 0. The van der Waals surface area contributed by atoms with Crippen molar-refractivity contribution < 1.29 is 18.7 Å². The van der Waals surface area contributed by atoms with Gasteiger partial charge in [-0.3, -0.25) is 14.5 Å². The Morgan fingerprint density at radius 2 is 1.98 bits per heavy atom. The molecule has 226 valence electrons. The third kappa shape index (κ3) is 6.52. The molecule has 0 aromatic heterocycles. The molecule has 3 aliphatic rings. The number of nitrogens with zero attached hydrogens (tertiary/aromatic N) is 3. The maximum Gasteiger partial charge on any atom is 0.241 e. The van der Waals surface area contributed by atoms with Crippen LogP contribution in [0.2, 0.25) is 0 Å². The van der Waals surface area contributed by atoms with Crippen LogP contribution in [0, 0.1) is 5.82 Å². The first-order chi connectivity index (χ1) is 20.2. The van der Waals surface area contributed by atoms with Crippen LogP contribution in [0.4, 0.5) is 10.1 Å². The molecule has 3 heterocycles. The first-order valence-electron chi connectivity index (χ1n) is 14.8. The van der Waals surface area contributed by atoms with Crippen molar-refractivity contribution in [2.45, 2.75) is 37.8 Å². The van der Waals surface area contributed by atoms with Crippen LogP contribution in [-0.4, -0.2) is 99.3 Å². The number of piperazine rings is 1. The van der Waals surface area contributed by atoms with Gasteiger partial charge in [0.05, 0.1) is 25.2 Å². The molecule has 1 unspecified atom stereocenters. The predicted octanol–water partition coefficient (Wildman–Crippen LogP) is 1.60. The number of halogens is 1. The van der Waals surface area contributed by atoms with Crippen LogP contribution in [0.15, 0.2) is 54.7 Å². The summed E-state index contributed by atoms with van der Waals surface area (Å²) in [5.74, 6) is -0.456. The van der Waals surface area contributed by atoms with Crippen LogP contribution in [0.25, 0.3) is 0 Å². The van der Waals surface area contributed by atoms with Gasteiger partial charge in [-0.25, -0.2) is 4.39 Å². The fraction of sp³-hybridized carbons (Fsp3) is 0.500. The molecule has 0 spiro atoms. The second-order valence-electron chi connectivity index (χ2n) is 12.0. The minimum absolute atomic E-state index is 0.0366. The molecule has 4 N–H and O–H groups in total. The number of hydrogen-bond acceptors (Lipinski definition) is 7. The van der Waals surface area contributed by atoms with E-state index in [-0.39, 0.29) is 42.8 Å². The van der Waals surface area contributed by atoms with Crippen LogP contribution in [0.3, 0.4) is 0 Å². The summed E-state index contributed by atoms with van der Waals surface area (Å²) in [5, 5.41) is 6.50. The lowest BCUT2D eigenvalue weighted by Gasteiger charge is -2.43. The maximum atomic E-state index is 14.1.